The molecule has 2 aromatic heterocycles. The van der Waals surface area contributed by atoms with Gasteiger partial charge in [-0.25, -0.2) is 9.67 Å². The second-order valence-corrected chi connectivity index (χ2v) is 9.49. The lowest BCUT2D eigenvalue weighted by Gasteiger charge is -2.20. The van der Waals surface area contributed by atoms with E-state index in [1.165, 1.54) is 11.8 Å². The summed E-state index contributed by atoms with van der Waals surface area (Å²) in [5, 5.41) is 8.63. The van der Waals surface area contributed by atoms with Gasteiger partial charge in [-0.2, -0.15) is 5.10 Å². The Kier molecular flexibility index (Phi) is 7.49. The number of carbonyl (C=O) groups excluding carboxylic acids is 1. The van der Waals surface area contributed by atoms with Crippen LogP contribution in [0.5, 0.6) is 0 Å². The maximum absolute atomic E-state index is 13.3. The van der Waals surface area contributed by atoms with E-state index in [4.69, 9.17) is 4.98 Å². The molecule has 176 valence electrons. The monoisotopic (exact) mass is 468 g/mol. The third-order valence-electron chi connectivity index (χ3n) is 6.21. The fourth-order valence-electron chi connectivity index (χ4n) is 4.32. The number of aromatic nitrogens is 4. The van der Waals surface area contributed by atoms with Crippen molar-refractivity contribution in [2.75, 3.05) is 25.4 Å². The molecule has 0 spiro atoms. The van der Waals surface area contributed by atoms with Crippen molar-refractivity contribution in [3.8, 4) is 5.69 Å². The van der Waals surface area contributed by atoms with Gasteiger partial charge in [0.15, 0.2) is 10.8 Å². The lowest BCUT2D eigenvalue weighted by Crippen LogP contribution is -2.36. The lowest BCUT2D eigenvalue weighted by atomic mass is 10.1. The summed E-state index contributed by atoms with van der Waals surface area (Å²) < 4.78 is 3.37. The van der Waals surface area contributed by atoms with E-state index >= 15 is 0 Å². The van der Waals surface area contributed by atoms with Crippen LogP contribution in [0.1, 0.15) is 46.1 Å². The highest BCUT2D eigenvalue weighted by atomic mass is 32.2. The van der Waals surface area contributed by atoms with Gasteiger partial charge in [0.05, 0.1) is 17.9 Å². The predicted octanol–water partition coefficient (Wildman–Crippen LogP) is 3.25. The van der Waals surface area contributed by atoms with Gasteiger partial charge in [0, 0.05) is 18.2 Å². The van der Waals surface area contributed by atoms with Crippen molar-refractivity contribution in [2.45, 2.75) is 57.3 Å². The summed E-state index contributed by atoms with van der Waals surface area (Å²) in [5.74, 6) is 0.646. The molecule has 4 rings (SSSR count). The van der Waals surface area contributed by atoms with Crippen LogP contribution in [0.3, 0.4) is 0 Å². The average Bonchev–Trinajstić information content (AvgIpc) is 3.42. The molecule has 0 fully saturated rings. The third kappa shape index (κ3) is 5.14. The van der Waals surface area contributed by atoms with Crippen molar-refractivity contribution in [1.82, 2.24) is 29.5 Å². The molecule has 1 amide bonds. The Bertz CT molecular complexity index is 1150. The van der Waals surface area contributed by atoms with Crippen LogP contribution in [-0.4, -0.2) is 61.6 Å². The standard InChI is InChI=1S/C24H32N6O2S/c1-4-28(5-2)13-9-10-17(3)26-21(31)14-19-16-33-24-27-22-20(23(32)29(19)24)15-25-30(22)18-11-7-6-8-12-18/h6-8,11-12,15,17,19H,4-5,9-10,13-14,16H2,1-3H3,(H,26,31). The van der Waals surface area contributed by atoms with Gasteiger partial charge < -0.3 is 10.2 Å². The zero-order valence-corrected chi connectivity index (χ0v) is 20.3. The highest BCUT2D eigenvalue weighted by Gasteiger charge is 2.29. The minimum Gasteiger partial charge on any atom is -0.354 e. The molecule has 1 aromatic carbocycles. The van der Waals surface area contributed by atoms with E-state index in [-0.39, 0.29) is 30.0 Å². The summed E-state index contributed by atoms with van der Waals surface area (Å²) >= 11 is 1.52. The predicted molar refractivity (Wildman–Crippen MR) is 132 cm³/mol. The van der Waals surface area contributed by atoms with Crippen molar-refractivity contribution in [1.29, 1.82) is 0 Å². The van der Waals surface area contributed by atoms with E-state index < -0.39 is 0 Å². The number of benzene rings is 1. The minimum absolute atomic E-state index is 0.0178. The first kappa shape index (κ1) is 23.5. The van der Waals surface area contributed by atoms with Crippen molar-refractivity contribution in [3.63, 3.8) is 0 Å². The van der Waals surface area contributed by atoms with Crippen LogP contribution in [0.2, 0.25) is 0 Å². The molecule has 1 aliphatic heterocycles. The Morgan fingerprint density at radius 1 is 1.27 bits per heavy atom. The third-order valence-corrected chi connectivity index (χ3v) is 7.30. The van der Waals surface area contributed by atoms with Crippen LogP contribution in [0.15, 0.2) is 46.5 Å². The van der Waals surface area contributed by atoms with Crippen molar-refractivity contribution in [2.24, 2.45) is 0 Å². The number of nitrogens with one attached hydrogen (secondary N) is 1. The number of para-hydroxylation sites is 1. The van der Waals surface area contributed by atoms with Crippen LogP contribution in [0.4, 0.5) is 0 Å². The first-order valence-electron chi connectivity index (χ1n) is 11.7. The molecule has 1 aliphatic rings. The fourth-order valence-corrected chi connectivity index (χ4v) is 5.45. The van der Waals surface area contributed by atoms with Gasteiger partial charge in [-0.3, -0.25) is 14.2 Å². The van der Waals surface area contributed by atoms with E-state index in [0.29, 0.717) is 21.9 Å². The van der Waals surface area contributed by atoms with Crippen LogP contribution in [-0.2, 0) is 4.79 Å². The lowest BCUT2D eigenvalue weighted by molar-refractivity contribution is -0.122. The van der Waals surface area contributed by atoms with Gasteiger partial charge in [0.1, 0.15) is 5.39 Å². The topological polar surface area (TPSA) is 85.1 Å². The molecule has 0 bridgehead atoms. The zero-order chi connectivity index (χ0) is 23.4. The molecule has 2 atom stereocenters. The van der Waals surface area contributed by atoms with E-state index in [0.717, 1.165) is 38.2 Å². The second-order valence-electron chi connectivity index (χ2n) is 8.51. The van der Waals surface area contributed by atoms with Gasteiger partial charge in [-0.15, -0.1) is 0 Å². The zero-order valence-electron chi connectivity index (χ0n) is 19.5. The van der Waals surface area contributed by atoms with E-state index in [2.05, 4.69) is 29.2 Å². The van der Waals surface area contributed by atoms with Crippen LogP contribution in [0, 0.1) is 0 Å². The van der Waals surface area contributed by atoms with Crippen LogP contribution < -0.4 is 10.9 Å². The highest BCUT2D eigenvalue weighted by molar-refractivity contribution is 7.99. The summed E-state index contributed by atoms with van der Waals surface area (Å²) in [6.07, 6.45) is 3.85. The Hall–Kier alpha value is -2.65. The van der Waals surface area contributed by atoms with Crippen molar-refractivity contribution < 1.29 is 4.79 Å². The molecule has 0 aliphatic carbocycles. The maximum atomic E-state index is 13.3. The normalized spacial score (nSPS) is 16.3. The Morgan fingerprint density at radius 3 is 2.76 bits per heavy atom. The number of amides is 1. The summed E-state index contributed by atoms with van der Waals surface area (Å²) in [6, 6.07) is 9.58. The molecule has 1 N–H and O–H groups in total. The molecule has 0 saturated carbocycles. The fraction of sp³-hybridized carbons (Fsp3) is 0.500. The Labute approximate surface area is 198 Å². The first-order chi connectivity index (χ1) is 16.0. The summed E-state index contributed by atoms with van der Waals surface area (Å²) in [5.41, 5.74) is 1.28. The van der Waals surface area contributed by atoms with E-state index in [1.807, 2.05) is 37.3 Å². The number of nitrogens with zero attached hydrogens (tertiary/aromatic N) is 5. The number of thioether (sulfide) groups is 1. The molecule has 2 unspecified atom stereocenters. The number of hydrogen-bond donors (Lipinski definition) is 1. The summed E-state index contributed by atoms with van der Waals surface area (Å²) in [6.45, 7) is 9.54. The number of hydrogen-bond acceptors (Lipinski definition) is 6. The number of carbonyl (C=O) groups is 1. The van der Waals surface area contributed by atoms with Crippen LogP contribution >= 0.6 is 11.8 Å². The van der Waals surface area contributed by atoms with Crippen LogP contribution in [0.25, 0.3) is 16.7 Å². The molecule has 9 heteroatoms. The molecule has 0 radical (unpaired) electrons. The largest absolute Gasteiger partial charge is 0.354 e. The van der Waals surface area contributed by atoms with Crippen molar-refractivity contribution in [3.05, 3.63) is 46.9 Å². The first-order valence-corrected chi connectivity index (χ1v) is 12.7. The molecule has 3 heterocycles. The van der Waals surface area contributed by atoms with E-state index in [9.17, 15) is 9.59 Å². The van der Waals surface area contributed by atoms with Gasteiger partial charge in [-0.05, 0) is 51.5 Å². The minimum atomic E-state index is -0.197. The highest BCUT2D eigenvalue weighted by Crippen LogP contribution is 2.33. The number of rotatable bonds is 10. The Morgan fingerprint density at radius 2 is 2.03 bits per heavy atom. The van der Waals surface area contributed by atoms with Gasteiger partial charge in [-0.1, -0.05) is 43.8 Å². The molecule has 3 aromatic rings. The average molecular weight is 469 g/mol. The molecular formula is C24H32N6O2S. The van der Waals surface area contributed by atoms with Gasteiger partial charge in [0.25, 0.3) is 5.56 Å². The molecular weight excluding hydrogens is 436 g/mol. The van der Waals surface area contributed by atoms with Gasteiger partial charge in [0.2, 0.25) is 5.91 Å². The maximum Gasteiger partial charge on any atom is 0.265 e. The summed E-state index contributed by atoms with van der Waals surface area (Å²) in [7, 11) is 0. The number of fused-ring (bicyclic) bond motifs is 2. The smallest absolute Gasteiger partial charge is 0.265 e. The van der Waals surface area contributed by atoms with Gasteiger partial charge >= 0.3 is 0 Å². The quantitative estimate of drug-likeness (QED) is 0.460. The second kappa shape index (κ2) is 10.5. The van der Waals surface area contributed by atoms with Crippen molar-refractivity contribution >= 4 is 28.7 Å². The molecule has 0 saturated heterocycles. The molecule has 33 heavy (non-hydrogen) atoms. The van der Waals surface area contributed by atoms with E-state index in [1.54, 1.807) is 15.4 Å². The molecule has 8 nitrogen and oxygen atoms in total. The Balaban J connectivity index is 1.43. The SMILES string of the molecule is CCN(CC)CCCC(C)NC(=O)CC1CSc2nc3c(cnn3-c3ccccc3)c(=O)n21. The summed E-state index contributed by atoms with van der Waals surface area (Å²) in [4.78, 5) is 33.1.